The Morgan fingerprint density at radius 3 is 2.76 bits per heavy atom. The van der Waals surface area contributed by atoms with Crippen molar-refractivity contribution < 1.29 is 4.79 Å². The minimum Gasteiger partial charge on any atom is -0.290 e. The molecule has 0 radical (unpaired) electrons. The van der Waals surface area contributed by atoms with E-state index in [0.717, 1.165) is 22.1 Å². The van der Waals surface area contributed by atoms with Crippen LogP contribution < -0.4 is 11.3 Å². The number of nitrogens with zero attached hydrogens (tertiary/aromatic N) is 3. The first kappa shape index (κ1) is 13.6. The summed E-state index contributed by atoms with van der Waals surface area (Å²) in [5.41, 5.74) is 4.58. The van der Waals surface area contributed by atoms with E-state index in [-0.39, 0.29) is 5.91 Å². The van der Waals surface area contributed by atoms with Crippen LogP contribution in [0.3, 0.4) is 0 Å². The van der Waals surface area contributed by atoms with Crippen LogP contribution in [0.15, 0.2) is 53.8 Å². The van der Waals surface area contributed by atoms with Crippen molar-refractivity contribution in [3.8, 4) is 0 Å². The van der Waals surface area contributed by atoms with Crippen LogP contribution >= 0.6 is 11.8 Å². The molecular formula is C14H13N5OS. The fourth-order valence-electron chi connectivity index (χ4n) is 1.90. The number of nitrogens with one attached hydrogen (secondary N) is 1. The van der Waals surface area contributed by atoms with Crippen LogP contribution in [-0.4, -0.2) is 20.5 Å². The fraction of sp³-hybridized carbons (Fsp3) is 0.0714. The predicted molar refractivity (Wildman–Crippen MR) is 80.6 cm³/mol. The predicted octanol–water partition coefficient (Wildman–Crippen LogP) is 1.63. The summed E-state index contributed by atoms with van der Waals surface area (Å²) >= 11 is 1.59. The molecule has 7 heteroatoms. The summed E-state index contributed by atoms with van der Waals surface area (Å²) in [6.07, 6.45) is 1.94. The van der Waals surface area contributed by atoms with Crippen molar-refractivity contribution in [3.05, 3.63) is 59.8 Å². The Morgan fingerprint density at radius 2 is 2.00 bits per heavy atom. The van der Waals surface area contributed by atoms with E-state index in [4.69, 9.17) is 5.84 Å². The first-order chi connectivity index (χ1) is 10.3. The molecule has 2 aromatic heterocycles. The third-order valence-corrected chi connectivity index (χ3v) is 4.01. The van der Waals surface area contributed by atoms with Crippen LogP contribution in [-0.2, 0) is 5.75 Å². The normalized spacial score (nSPS) is 10.7. The molecule has 3 N–H and O–H groups in total. The molecule has 0 saturated heterocycles. The Balaban J connectivity index is 1.71. The molecule has 6 nitrogen and oxygen atoms in total. The lowest BCUT2D eigenvalue weighted by atomic mass is 10.1. The van der Waals surface area contributed by atoms with Crippen molar-refractivity contribution in [2.75, 3.05) is 0 Å². The van der Waals surface area contributed by atoms with E-state index in [1.807, 2.05) is 40.9 Å². The Kier molecular flexibility index (Phi) is 3.85. The molecule has 0 bridgehead atoms. The van der Waals surface area contributed by atoms with Crippen molar-refractivity contribution in [2.45, 2.75) is 10.9 Å². The van der Waals surface area contributed by atoms with Gasteiger partial charge in [-0.15, -0.1) is 10.2 Å². The summed E-state index contributed by atoms with van der Waals surface area (Å²) in [6.45, 7) is 0. The van der Waals surface area contributed by atoms with Gasteiger partial charge in [-0.05, 0) is 29.8 Å². The maximum atomic E-state index is 11.4. The van der Waals surface area contributed by atoms with E-state index in [1.54, 1.807) is 23.9 Å². The topological polar surface area (TPSA) is 85.3 Å². The molecule has 3 aromatic rings. The molecule has 106 valence electrons. The lowest BCUT2D eigenvalue weighted by Gasteiger charge is -2.03. The zero-order valence-electron chi connectivity index (χ0n) is 11.1. The summed E-state index contributed by atoms with van der Waals surface area (Å²) in [5.74, 6) is 5.55. The number of pyridine rings is 1. The number of hydrogen-bond acceptors (Lipinski definition) is 5. The highest BCUT2D eigenvalue weighted by molar-refractivity contribution is 7.98. The SMILES string of the molecule is NNC(=O)c1ccc(CSc2nnc3ccccn23)cc1. The number of thioether (sulfide) groups is 1. The molecule has 0 atom stereocenters. The summed E-state index contributed by atoms with van der Waals surface area (Å²) in [4.78, 5) is 11.4. The van der Waals surface area contributed by atoms with Gasteiger partial charge in [0.05, 0.1) is 0 Å². The van der Waals surface area contributed by atoms with Gasteiger partial charge < -0.3 is 0 Å². The van der Waals surface area contributed by atoms with Gasteiger partial charge in [-0.1, -0.05) is 30.0 Å². The standard InChI is InChI=1S/C14H13N5OS/c15-16-13(20)11-6-4-10(5-7-11)9-21-14-18-17-12-3-1-2-8-19(12)14/h1-8H,9,15H2,(H,16,20). The maximum absolute atomic E-state index is 11.4. The zero-order chi connectivity index (χ0) is 14.7. The van der Waals surface area contributed by atoms with E-state index < -0.39 is 0 Å². The van der Waals surface area contributed by atoms with E-state index in [1.165, 1.54) is 0 Å². The van der Waals surface area contributed by atoms with Gasteiger partial charge in [0, 0.05) is 17.5 Å². The second-order valence-corrected chi connectivity index (χ2v) is 5.31. The molecule has 3 rings (SSSR count). The number of carbonyl (C=O) groups excluding carboxylic acids is 1. The number of nitrogens with two attached hydrogens (primary N) is 1. The molecule has 0 aliphatic heterocycles. The van der Waals surface area contributed by atoms with Gasteiger partial charge in [-0.25, -0.2) is 5.84 Å². The number of fused-ring (bicyclic) bond motifs is 1. The minimum absolute atomic E-state index is 0.294. The number of aromatic nitrogens is 3. The van der Waals surface area contributed by atoms with Gasteiger partial charge in [0.1, 0.15) is 0 Å². The van der Waals surface area contributed by atoms with Crippen LogP contribution in [0.2, 0.25) is 0 Å². The van der Waals surface area contributed by atoms with E-state index in [0.29, 0.717) is 5.56 Å². The molecule has 0 fully saturated rings. The minimum atomic E-state index is -0.294. The molecule has 0 unspecified atom stereocenters. The highest BCUT2D eigenvalue weighted by Crippen LogP contribution is 2.21. The Hall–Kier alpha value is -2.38. The Bertz CT molecular complexity index is 768. The van der Waals surface area contributed by atoms with Gasteiger partial charge in [-0.3, -0.25) is 14.6 Å². The van der Waals surface area contributed by atoms with E-state index >= 15 is 0 Å². The molecule has 0 spiro atoms. The second-order valence-electron chi connectivity index (χ2n) is 4.37. The molecule has 1 aromatic carbocycles. The maximum Gasteiger partial charge on any atom is 0.265 e. The molecule has 0 aliphatic carbocycles. The number of nitrogen functional groups attached to an aromatic ring is 1. The summed E-state index contributed by atoms with van der Waals surface area (Å²) in [6, 6.07) is 13.1. The monoisotopic (exact) mass is 299 g/mol. The van der Waals surface area contributed by atoms with Crippen molar-refractivity contribution in [3.63, 3.8) is 0 Å². The Morgan fingerprint density at radius 1 is 1.19 bits per heavy atom. The van der Waals surface area contributed by atoms with Crippen molar-refractivity contribution in [1.82, 2.24) is 20.0 Å². The number of benzene rings is 1. The second kappa shape index (κ2) is 5.94. The van der Waals surface area contributed by atoms with Gasteiger partial charge in [0.25, 0.3) is 5.91 Å². The molecule has 1 amide bonds. The number of hydrogen-bond donors (Lipinski definition) is 2. The third kappa shape index (κ3) is 2.88. The van der Waals surface area contributed by atoms with Crippen molar-refractivity contribution >= 4 is 23.3 Å². The first-order valence-corrected chi connectivity index (χ1v) is 7.29. The lowest BCUT2D eigenvalue weighted by Crippen LogP contribution is -2.29. The van der Waals surface area contributed by atoms with Crippen molar-refractivity contribution in [1.29, 1.82) is 0 Å². The van der Waals surface area contributed by atoms with Gasteiger partial charge >= 0.3 is 0 Å². The Labute approximate surface area is 125 Å². The number of amides is 1. The van der Waals surface area contributed by atoms with Crippen LogP contribution in [0.1, 0.15) is 15.9 Å². The van der Waals surface area contributed by atoms with Crippen molar-refractivity contribution in [2.24, 2.45) is 5.84 Å². The summed E-state index contributed by atoms with van der Waals surface area (Å²) in [5, 5.41) is 9.11. The fourth-order valence-corrected chi connectivity index (χ4v) is 2.78. The summed E-state index contributed by atoms with van der Waals surface area (Å²) in [7, 11) is 0. The highest BCUT2D eigenvalue weighted by Gasteiger charge is 2.06. The van der Waals surface area contributed by atoms with Gasteiger partial charge in [0.2, 0.25) is 0 Å². The first-order valence-electron chi connectivity index (χ1n) is 6.30. The highest BCUT2D eigenvalue weighted by atomic mass is 32.2. The number of hydrazine groups is 1. The molecule has 0 saturated carbocycles. The van der Waals surface area contributed by atoms with Crippen LogP contribution in [0.25, 0.3) is 5.65 Å². The molecular weight excluding hydrogens is 286 g/mol. The lowest BCUT2D eigenvalue weighted by molar-refractivity contribution is 0.0953. The molecule has 2 heterocycles. The quantitative estimate of drug-likeness (QED) is 0.331. The summed E-state index contributed by atoms with van der Waals surface area (Å²) < 4.78 is 1.95. The van der Waals surface area contributed by atoms with E-state index in [9.17, 15) is 4.79 Å². The average molecular weight is 299 g/mol. The van der Waals surface area contributed by atoms with Crippen LogP contribution in [0.5, 0.6) is 0 Å². The van der Waals surface area contributed by atoms with Crippen LogP contribution in [0.4, 0.5) is 0 Å². The van der Waals surface area contributed by atoms with Crippen LogP contribution in [0, 0.1) is 0 Å². The molecule has 0 aliphatic rings. The molecule has 21 heavy (non-hydrogen) atoms. The zero-order valence-corrected chi connectivity index (χ0v) is 11.9. The largest absolute Gasteiger partial charge is 0.290 e. The average Bonchev–Trinajstić information content (AvgIpc) is 2.96. The number of rotatable bonds is 4. The van der Waals surface area contributed by atoms with Gasteiger partial charge in [0.15, 0.2) is 10.8 Å². The third-order valence-electron chi connectivity index (χ3n) is 3.00. The smallest absolute Gasteiger partial charge is 0.265 e. The number of carbonyl (C=O) groups is 1. The van der Waals surface area contributed by atoms with E-state index in [2.05, 4.69) is 15.6 Å². The van der Waals surface area contributed by atoms with Gasteiger partial charge in [-0.2, -0.15) is 0 Å².